The number of halogens is 4. The Kier molecular flexibility index (Phi) is 3.71. The van der Waals surface area contributed by atoms with Crippen LogP contribution < -0.4 is 4.90 Å². The van der Waals surface area contributed by atoms with Crippen LogP contribution in [0.2, 0.25) is 5.02 Å². The van der Waals surface area contributed by atoms with Crippen LogP contribution in [-0.2, 0) is 6.18 Å². The van der Waals surface area contributed by atoms with Crippen molar-refractivity contribution in [2.75, 3.05) is 18.0 Å². The molecule has 0 spiro atoms. The number of aromatic nitrogens is 1. The summed E-state index contributed by atoms with van der Waals surface area (Å²) >= 11 is 5.54. The number of alkyl halides is 3. The van der Waals surface area contributed by atoms with Gasteiger partial charge in [0.05, 0.1) is 10.6 Å². The van der Waals surface area contributed by atoms with Gasteiger partial charge >= 0.3 is 6.18 Å². The predicted octanol–water partition coefficient (Wildman–Crippen LogP) is 3.99. The van der Waals surface area contributed by atoms with Crippen LogP contribution in [0, 0.1) is 5.92 Å². The highest BCUT2D eigenvalue weighted by molar-refractivity contribution is 6.31. The van der Waals surface area contributed by atoms with Crippen LogP contribution in [0.4, 0.5) is 19.0 Å². The normalized spacial score (nSPS) is 18.2. The molecule has 0 aliphatic carbocycles. The number of nitrogens with zero attached hydrogens (tertiary/aromatic N) is 2. The van der Waals surface area contributed by atoms with Crippen molar-refractivity contribution in [3.05, 3.63) is 22.8 Å². The van der Waals surface area contributed by atoms with Gasteiger partial charge in [0, 0.05) is 19.3 Å². The van der Waals surface area contributed by atoms with Crippen molar-refractivity contribution in [3.8, 4) is 0 Å². The fraction of sp³-hybridized carbons (Fsp3) is 0.583. The summed E-state index contributed by atoms with van der Waals surface area (Å²) < 4.78 is 38.2. The summed E-state index contributed by atoms with van der Waals surface area (Å²) in [6, 6.07) is 1.04. The monoisotopic (exact) mass is 278 g/mol. The highest BCUT2D eigenvalue weighted by Crippen LogP contribution is 2.36. The third-order valence-corrected chi connectivity index (χ3v) is 3.56. The lowest BCUT2D eigenvalue weighted by molar-refractivity contribution is -0.137. The molecule has 2 rings (SSSR count). The molecule has 0 atom stereocenters. The van der Waals surface area contributed by atoms with Crippen LogP contribution in [0.1, 0.15) is 25.3 Å². The highest BCUT2D eigenvalue weighted by atomic mass is 35.5. The Balaban J connectivity index is 2.24. The Morgan fingerprint density at radius 1 is 1.33 bits per heavy atom. The third kappa shape index (κ3) is 2.88. The lowest BCUT2D eigenvalue weighted by Gasteiger charge is -2.31. The number of hydrogen-bond acceptors (Lipinski definition) is 2. The second-order valence-corrected chi connectivity index (χ2v) is 5.10. The van der Waals surface area contributed by atoms with Crippen molar-refractivity contribution in [2.45, 2.75) is 25.9 Å². The summed E-state index contributed by atoms with van der Waals surface area (Å²) in [5, 5.41) is -0.350. The van der Waals surface area contributed by atoms with Crippen LogP contribution >= 0.6 is 11.6 Å². The van der Waals surface area contributed by atoms with Gasteiger partial charge in [0.2, 0.25) is 0 Å². The first-order valence-corrected chi connectivity index (χ1v) is 6.23. The van der Waals surface area contributed by atoms with E-state index < -0.39 is 11.7 Å². The van der Waals surface area contributed by atoms with E-state index in [0.717, 1.165) is 38.2 Å². The van der Waals surface area contributed by atoms with Gasteiger partial charge in [-0.15, -0.1) is 0 Å². The molecule has 18 heavy (non-hydrogen) atoms. The zero-order valence-electron chi connectivity index (χ0n) is 9.97. The van der Waals surface area contributed by atoms with E-state index >= 15 is 0 Å². The van der Waals surface area contributed by atoms with Crippen molar-refractivity contribution in [1.29, 1.82) is 0 Å². The molecule has 100 valence electrons. The van der Waals surface area contributed by atoms with Crippen molar-refractivity contribution in [1.82, 2.24) is 4.98 Å². The molecule has 0 N–H and O–H groups in total. The molecule has 0 bridgehead atoms. The van der Waals surface area contributed by atoms with Crippen LogP contribution in [0.5, 0.6) is 0 Å². The zero-order chi connectivity index (χ0) is 13.3. The maximum atomic E-state index is 12.7. The number of anilines is 1. The van der Waals surface area contributed by atoms with Gasteiger partial charge in [-0.05, 0) is 24.8 Å². The molecule has 1 saturated heterocycles. The number of pyridine rings is 1. The summed E-state index contributed by atoms with van der Waals surface area (Å²) in [6.07, 6.45) is -1.40. The summed E-state index contributed by atoms with van der Waals surface area (Å²) in [5.74, 6) is 0.981. The molecule has 0 amide bonds. The minimum atomic E-state index is -4.43. The van der Waals surface area contributed by atoms with Gasteiger partial charge in [-0.2, -0.15) is 13.2 Å². The summed E-state index contributed by atoms with van der Waals surface area (Å²) in [7, 11) is 0. The number of hydrogen-bond donors (Lipinski definition) is 0. The number of rotatable bonds is 1. The van der Waals surface area contributed by atoms with E-state index in [-0.39, 0.29) is 5.02 Å². The Hall–Kier alpha value is -0.970. The molecule has 6 heteroatoms. The Morgan fingerprint density at radius 3 is 2.50 bits per heavy atom. The standard InChI is InChI=1S/C12H14ClF3N2/c1-8-2-4-18(5-3-8)11-6-9(12(14,15)16)10(13)7-17-11/h6-8H,2-5H2,1H3. The summed E-state index contributed by atoms with van der Waals surface area (Å²) in [4.78, 5) is 5.88. The Bertz CT molecular complexity index is 426. The minimum Gasteiger partial charge on any atom is -0.357 e. The average Bonchev–Trinajstić information content (AvgIpc) is 2.29. The Labute approximate surface area is 109 Å². The van der Waals surface area contributed by atoms with Crippen molar-refractivity contribution in [3.63, 3.8) is 0 Å². The third-order valence-electron chi connectivity index (χ3n) is 3.25. The van der Waals surface area contributed by atoms with Crippen LogP contribution in [0.3, 0.4) is 0 Å². The van der Waals surface area contributed by atoms with E-state index in [1.54, 1.807) is 0 Å². The van der Waals surface area contributed by atoms with Gasteiger partial charge in [0.25, 0.3) is 0 Å². The predicted molar refractivity (Wildman–Crippen MR) is 64.9 cm³/mol. The molecule has 1 aliphatic heterocycles. The van der Waals surface area contributed by atoms with Gasteiger partial charge in [-0.1, -0.05) is 18.5 Å². The molecule has 2 heterocycles. The van der Waals surface area contributed by atoms with E-state index in [0.29, 0.717) is 11.7 Å². The van der Waals surface area contributed by atoms with Crippen molar-refractivity contribution in [2.24, 2.45) is 5.92 Å². The molecule has 1 aliphatic rings. The molecule has 1 fully saturated rings. The Morgan fingerprint density at radius 2 is 1.94 bits per heavy atom. The van der Waals surface area contributed by atoms with Gasteiger partial charge < -0.3 is 4.90 Å². The first-order valence-electron chi connectivity index (χ1n) is 5.85. The lowest BCUT2D eigenvalue weighted by atomic mass is 9.99. The van der Waals surface area contributed by atoms with Crippen LogP contribution in [0.15, 0.2) is 12.3 Å². The molecule has 0 saturated carbocycles. The van der Waals surface area contributed by atoms with E-state index in [4.69, 9.17) is 11.6 Å². The summed E-state index contributed by atoms with van der Waals surface area (Å²) in [5.41, 5.74) is -0.812. The molecular formula is C12H14ClF3N2. The highest BCUT2D eigenvalue weighted by Gasteiger charge is 2.34. The average molecular weight is 279 g/mol. The topological polar surface area (TPSA) is 16.1 Å². The molecule has 0 unspecified atom stereocenters. The van der Waals surface area contributed by atoms with Crippen molar-refractivity contribution >= 4 is 17.4 Å². The molecule has 1 aromatic heterocycles. The fourth-order valence-corrected chi connectivity index (χ4v) is 2.27. The maximum Gasteiger partial charge on any atom is 0.418 e. The molecular weight excluding hydrogens is 265 g/mol. The van der Waals surface area contributed by atoms with Gasteiger partial charge in [0.15, 0.2) is 0 Å². The quantitative estimate of drug-likeness (QED) is 0.772. The first kappa shape index (κ1) is 13.5. The van der Waals surface area contributed by atoms with Gasteiger partial charge in [-0.25, -0.2) is 4.98 Å². The second kappa shape index (κ2) is 4.96. The lowest BCUT2D eigenvalue weighted by Crippen LogP contribution is -2.33. The van der Waals surface area contributed by atoms with Gasteiger partial charge in [-0.3, -0.25) is 0 Å². The van der Waals surface area contributed by atoms with E-state index in [1.807, 2.05) is 4.90 Å². The fourth-order valence-electron chi connectivity index (χ4n) is 2.06. The summed E-state index contributed by atoms with van der Waals surface area (Å²) in [6.45, 7) is 3.63. The van der Waals surface area contributed by atoms with Gasteiger partial charge in [0.1, 0.15) is 5.82 Å². The zero-order valence-corrected chi connectivity index (χ0v) is 10.7. The maximum absolute atomic E-state index is 12.7. The molecule has 0 radical (unpaired) electrons. The largest absolute Gasteiger partial charge is 0.418 e. The SMILES string of the molecule is CC1CCN(c2cc(C(F)(F)F)c(Cl)cn2)CC1. The minimum absolute atomic E-state index is 0.350. The smallest absolute Gasteiger partial charge is 0.357 e. The van der Waals surface area contributed by atoms with E-state index in [1.165, 1.54) is 0 Å². The molecule has 0 aromatic carbocycles. The van der Waals surface area contributed by atoms with E-state index in [9.17, 15) is 13.2 Å². The van der Waals surface area contributed by atoms with E-state index in [2.05, 4.69) is 11.9 Å². The van der Waals surface area contributed by atoms with Crippen LogP contribution in [0.25, 0.3) is 0 Å². The molecule has 2 nitrogen and oxygen atoms in total. The molecule has 1 aromatic rings. The van der Waals surface area contributed by atoms with Crippen LogP contribution in [-0.4, -0.2) is 18.1 Å². The first-order chi connectivity index (χ1) is 8.38. The van der Waals surface area contributed by atoms with Crippen molar-refractivity contribution < 1.29 is 13.2 Å². The number of piperidine rings is 1. The second-order valence-electron chi connectivity index (χ2n) is 4.69.